The molecule has 0 unspecified atom stereocenters. The summed E-state index contributed by atoms with van der Waals surface area (Å²) in [6, 6.07) is 0. The van der Waals surface area contributed by atoms with Gasteiger partial charge in [0, 0.05) is 19.8 Å². The molecule has 5 nitrogen and oxygen atoms in total. The van der Waals surface area contributed by atoms with Gasteiger partial charge in [-0.05, 0) is 28.3 Å². The van der Waals surface area contributed by atoms with Gasteiger partial charge in [-0.2, -0.15) is 5.10 Å². The molecule has 0 bridgehead atoms. The fourth-order valence-electron chi connectivity index (χ4n) is 1.22. The van der Waals surface area contributed by atoms with Crippen molar-refractivity contribution in [2.24, 2.45) is 5.92 Å². The maximum Gasteiger partial charge on any atom is 0.280 e. The largest absolute Gasteiger partial charge is 0.383 e. The van der Waals surface area contributed by atoms with Crippen molar-refractivity contribution < 1.29 is 4.74 Å². The van der Waals surface area contributed by atoms with Crippen LogP contribution in [0.4, 0.5) is 5.69 Å². The lowest BCUT2D eigenvalue weighted by Gasteiger charge is -2.08. The van der Waals surface area contributed by atoms with Gasteiger partial charge in [0.05, 0.1) is 11.9 Å². The molecule has 0 fully saturated rings. The minimum Gasteiger partial charge on any atom is -0.383 e. The van der Waals surface area contributed by atoms with Gasteiger partial charge < -0.3 is 10.1 Å². The van der Waals surface area contributed by atoms with Crippen LogP contribution in [0.15, 0.2) is 15.5 Å². The van der Waals surface area contributed by atoms with Gasteiger partial charge in [0.1, 0.15) is 4.47 Å². The van der Waals surface area contributed by atoms with Crippen LogP contribution in [0.5, 0.6) is 0 Å². The SMILES string of the molecule is CC(C)COCCCNc1cn[nH]c(=O)c1Br. The number of nitrogens with zero attached hydrogens (tertiary/aromatic N) is 1. The Morgan fingerprint density at radius 2 is 2.35 bits per heavy atom. The van der Waals surface area contributed by atoms with E-state index in [9.17, 15) is 4.79 Å². The Hall–Kier alpha value is -0.880. The van der Waals surface area contributed by atoms with E-state index < -0.39 is 0 Å². The van der Waals surface area contributed by atoms with Crippen LogP contribution < -0.4 is 10.9 Å². The van der Waals surface area contributed by atoms with Crippen LogP contribution in [0.1, 0.15) is 20.3 Å². The fourth-order valence-corrected chi connectivity index (χ4v) is 1.55. The molecule has 1 aromatic rings. The Balaban J connectivity index is 2.23. The lowest BCUT2D eigenvalue weighted by molar-refractivity contribution is 0.110. The lowest BCUT2D eigenvalue weighted by Crippen LogP contribution is -2.14. The first-order valence-corrected chi connectivity index (χ1v) is 6.45. The minimum atomic E-state index is -0.231. The van der Waals surface area contributed by atoms with Gasteiger partial charge in [-0.3, -0.25) is 4.79 Å². The number of rotatable bonds is 7. The zero-order valence-electron chi connectivity index (χ0n) is 10.1. The number of ether oxygens (including phenoxy) is 1. The Morgan fingerprint density at radius 3 is 3.06 bits per heavy atom. The van der Waals surface area contributed by atoms with Crippen LogP contribution in [-0.4, -0.2) is 30.0 Å². The van der Waals surface area contributed by atoms with E-state index in [1.54, 1.807) is 6.20 Å². The van der Waals surface area contributed by atoms with Gasteiger partial charge in [-0.25, -0.2) is 5.10 Å². The van der Waals surface area contributed by atoms with Crippen LogP contribution in [0.2, 0.25) is 0 Å². The molecule has 0 spiro atoms. The van der Waals surface area contributed by atoms with E-state index >= 15 is 0 Å². The lowest BCUT2D eigenvalue weighted by atomic mass is 10.2. The van der Waals surface area contributed by atoms with Crippen molar-refractivity contribution in [1.29, 1.82) is 0 Å². The van der Waals surface area contributed by atoms with Gasteiger partial charge in [-0.15, -0.1) is 0 Å². The standard InChI is InChI=1S/C11H18BrN3O2/c1-8(2)7-17-5-3-4-13-9-6-14-15-11(16)10(9)12/h6,8H,3-5,7H2,1-2H3,(H2,13,15,16). The first kappa shape index (κ1) is 14.2. The Kier molecular flexibility index (Phi) is 6.21. The number of hydrogen-bond donors (Lipinski definition) is 2. The Labute approximate surface area is 109 Å². The number of halogens is 1. The molecule has 0 saturated carbocycles. The van der Waals surface area contributed by atoms with Crippen molar-refractivity contribution in [1.82, 2.24) is 10.2 Å². The monoisotopic (exact) mass is 303 g/mol. The third-order valence-corrected chi connectivity index (χ3v) is 2.81. The molecule has 1 heterocycles. The number of hydrogen-bond acceptors (Lipinski definition) is 4. The molecule has 0 aliphatic rings. The second-order valence-corrected chi connectivity index (χ2v) is 4.97. The molecule has 6 heteroatoms. The summed E-state index contributed by atoms with van der Waals surface area (Å²) >= 11 is 3.20. The third kappa shape index (κ3) is 5.32. The van der Waals surface area contributed by atoms with Gasteiger partial charge in [0.15, 0.2) is 0 Å². The molecular formula is C11H18BrN3O2. The maximum atomic E-state index is 11.2. The van der Waals surface area contributed by atoms with Crippen molar-refractivity contribution in [3.63, 3.8) is 0 Å². The number of nitrogens with one attached hydrogen (secondary N) is 2. The molecule has 0 aliphatic carbocycles. The average molecular weight is 304 g/mol. The van der Waals surface area contributed by atoms with E-state index in [4.69, 9.17) is 4.74 Å². The van der Waals surface area contributed by atoms with Crippen LogP contribution in [0.25, 0.3) is 0 Å². The summed E-state index contributed by atoms with van der Waals surface area (Å²) in [6.07, 6.45) is 2.48. The molecular weight excluding hydrogens is 286 g/mol. The highest BCUT2D eigenvalue weighted by Gasteiger charge is 2.02. The number of aromatic amines is 1. The van der Waals surface area contributed by atoms with E-state index in [0.29, 0.717) is 16.1 Å². The molecule has 0 aromatic carbocycles. The number of H-pyrrole nitrogens is 1. The number of aromatic nitrogens is 2. The van der Waals surface area contributed by atoms with E-state index in [0.717, 1.165) is 26.2 Å². The van der Waals surface area contributed by atoms with Crippen molar-refractivity contribution in [2.75, 3.05) is 25.1 Å². The van der Waals surface area contributed by atoms with Crippen LogP contribution in [0, 0.1) is 5.92 Å². The van der Waals surface area contributed by atoms with Crippen LogP contribution >= 0.6 is 15.9 Å². The summed E-state index contributed by atoms with van der Waals surface area (Å²) in [5.74, 6) is 0.564. The molecule has 0 radical (unpaired) electrons. The topological polar surface area (TPSA) is 67.0 Å². The molecule has 1 aromatic heterocycles. The van der Waals surface area contributed by atoms with E-state index in [2.05, 4.69) is 45.3 Å². The molecule has 0 saturated heterocycles. The second-order valence-electron chi connectivity index (χ2n) is 4.18. The van der Waals surface area contributed by atoms with Crippen LogP contribution in [0.3, 0.4) is 0 Å². The molecule has 2 N–H and O–H groups in total. The first-order valence-electron chi connectivity index (χ1n) is 5.66. The predicted octanol–water partition coefficient (Wildman–Crippen LogP) is 2.01. The summed E-state index contributed by atoms with van der Waals surface area (Å²) in [4.78, 5) is 11.2. The second kappa shape index (κ2) is 7.45. The minimum absolute atomic E-state index is 0.231. The quantitative estimate of drug-likeness (QED) is 0.756. The zero-order chi connectivity index (χ0) is 12.7. The molecule has 0 amide bonds. The summed E-state index contributed by atoms with van der Waals surface area (Å²) in [5, 5.41) is 9.20. The Morgan fingerprint density at radius 1 is 1.59 bits per heavy atom. The molecule has 96 valence electrons. The van der Waals surface area contributed by atoms with E-state index in [1.807, 2.05) is 0 Å². The third-order valence-electron chi connectivity index (χ3n) is 2.03. The molecule has 1 rings (SSSR count). The smallest absolute Gasteiger partial charge is 0.280 e. The number of anilines is 1. The highest BCUT2D eigenvalue weighted by molar-refractivity contribution is 9.10. The highest BCUT2D eigenvalue weighted by atomic mass is 79.9. The van der Waals surface area contributed by atoms with Gasteiger partial charge >= 0.3 is 0 Å². The predicted molar refractivity (Wildman–Crippen MR) is 71.3 cm³/mol. The average Bonchev–Trinajstić information content (AvgIpc) is 2.28. The summed E-state index contributed by atoms with van der Waals surface area (Å²) in [6.45, 7) is 6.51. The molecule has 0 atom stereocenters. The zero-order valence-corrected chi connectivity index (χ0v) is 11.7. The first-order chi connectivity index (χ1) is 8.11. The van der Waals surface area contributed by atoms with Crippen LogP contribution in [-0.2, 0) is 4.74 Å². The van der Waals surface area contributed by atoms with Crippen molar-refractivity contribution in [3.8, 4) is 0 Å². The fraction of sp³-hybridized carbons (Fsp3) is 0.636. The van der Waals surface area contributed by atoms with Gasteiger partial charge in [-0.1, -0.05) is 13.8 Å². The van der Waals surface area contributed by atoms with Crippen molar-refractivity contribution in [3.05, 3.63) is 21.0 Å². The van der Waals surface area contributed by atoms with Gasteiger partial charge in [0.2, 0.25) is 0 Å². The van der Waals surface area contributed by atoms with Crippen molar-refractivity contribution in [2.45, 2.75) is 20.3 Å². The summed E-state index contributed by atoms with van der Waals surface area (Å²) in [5.41, 5.74) is 0.476. The van der Waals surface area contributed by atoms with Gasteiger partial charge in [0.25, 0.3) is 5.56 Å². The van der Waals surface area contributed by atoms with E-state index in [1.165, 1.54) is 0 Å². The van der Waals surface area contributed by atoms with E-state index in [-0.39, 0.29) is 5.56 Å². The molecule has 17 heavy (non-hydrogen) atoms. The summed E-state index contributed by atoms with van der Waals surface area (Å²) in [7, 11) is 0. The Bertz CT molecular complexity index is 393. The van der Waals surface area contributed by atoms with Crippen molar-refractivity contribution >= 4 is 21.6 Å². The highest BCUT2D eigenvalue weighted by Crippen LogP contribution is 2.14. The summed E-state index contributed by atoms with van der Waals surface area (Å²) < 4.78 is 5.93. The maximum absolute atomic E-state index is 11.2. The normalized spacial score (nSPS) is 10.8. The molecule has 0 aliphatic heterocycles.